The number of pyridine rings is 1. The molecular weight excluding hydrogens is 292 g/mol. The van der Waals surface area contributed by atoms with Crippen LogP contribution in [0.4, 0.5) is 0 Å². The molecule has 2 aromatic rings. The molecule has 1 heterocycles. The minimum atomic E-state index is 0.191. The fourth-order valence-electron chi connectivity index (χ4n) is 2.14. The molecule has 0 spiro atoms. The lowest BCUT2D eigenvalue weighted by atomic mass is 10.1. The second-order valence-electron chi connectivity index (χ2n) is 5.34. The molecule has 0 saturated heterocycles. The number of amides is 1. The van der Waals surface area contributed by atoms with Crippen molar-refractivity contribution >= 4 is 17.7 Å². The van der Waals surface area contributed by atoms with Crippen LogP contribution >= 0.6 is 11.8 Å². The van der Waals surface area contributed by atoms with Crippen molar-refractivity contribution < 1.29 is 4.79 Å². The molecule has 0 saturated carbocycles. The van der Waals surface area contributed by atoms with Gasteiger partial charge in [0, 0.05) is 43.9 Å². The molecule has 0 bridgehead atoms. The van der Waals surface area contributed by atoms with E-state index < -0.39 is 0 Å². The summed E-state index contributed by atoms with van der Waals surface area (Å²) in [5.41, 5.74) is 3.59. The predicted molar refractivity (Wildman–Crippen MR) is 92.7 cm³/mol. The van der Waals surface area contributed by atoms with Gasteiger partial charge in [-0.05, 0) is 29.7 Å². The van der Waals surface area contributed by atoms with E-state index in [0.29, 0.717) is 13.0 Å². The topological polar surface area (TPSA) is 33.2 Å². The molecule has 0 aliphatic heterocycles. The van der Waals surface area contributed by atoms with Gasteiger partial charge < -0.3 is 4.90 Å². The molecule has 1 aromatic heterocycles. The third kappa shape index (κ3) is 5.19. The van der Waals surface area contributed by atoms with E-state index in [1.165, 1.54) is 5.56 Å². The summed E-state index contributed by atoms with van der Waals surface area (Å²) in [6.45, 7) is 2.67. The van der Waals surface area contributed by atoms with Crippen molar-refractivity contribution in [2.24, 2.45) is 0 Å². The van der Waals surface area contributed by atoms with Crippen molar-refractivity contribution in [1.29, 1.82) is 0 Å². The van der Waals surface area contributed by atoms with Crippen molar-refractivity contribution in [3.63, 3.8) is 0 Å². The van der Waals surface area contributed by atoms with Crippen LogP contribution in [0.3, 0.4) is 0 Å². The van der Waals surface area contributed by atoms with Crippen LogP contribution in [0.15, 0.2) is 48.8 Å². The average molecular weight is 314 g/mol. The SMILES string of the molecule is Cc1cnccc1CN(C)C(=O)CCSCc1ccccc1. The van der Waals surface area contributed by atoms with Gasteiger partial charge in [0.25, 0.3) is 0 Å². The van der Waals surface area contributed by atoms with Gasteiger partial charge in [-0.3, -0.25) is 9.78 Å². The second kappa shape index (κ2) is 8.59. The summed E-state index contributed by atoms with van der Waals surface area (Å²) in [7, 11) is 1.87. The van der Waals surface area contributed by atoms with Gasteiger partial charge in [-0.1, -0.05) is 30.3 Å². The van der Waals surface area contributed by atoms with Gasteiger partial charge in [-0.2, -0.15) is 11.8 Å². The number of hydrogen-bond acceptors (Lipinski definition) is 3. The van der Waals surface area contributed by atoms with Gasteiger partial charge in [0.15, 0.2) is 0 Å². The highest BCUT2D eigenvalue weighted by Gasteiger charge is 2.10. The van der Waals surface area contributed by atoms with Gasteiger partial charge in [0.2, 0.25) is 5.91 Å². The number of carbonyl (C=O) groups is 1. The van der Waals surface area contributed by atoms with Crippen molar-refractivity contribution in [3.8, 4) is 0 Å². The zero-order chi connectivity index (χ0) is 15.8. The lowest BCUT2D eigenvalue weighted by Crippen LogP contribution is -2.26. The van der Waals surface area contributed by atoms with Crippen molar-refractivity contribution in [2.75, 3.05) is 12.8 Å². The summed E-state index contributed by atoms with van der Waals surface area (Å²) >= 11 is 1.80. The van der Waals surface area contributed by atoms with Gasteiger partial charge >= 0.3 is 0 Å². The van der Waals surface area contributed by atoms with Crippen LogP contribution in [0.25, 0.3) is 0 Å². The number of thioether (sulfide) groups is 1. The van der Waals surface area contributed by atoms with Gasteiger partial charge in [0.1, 0.15) is 0 Å². The summed E-state index contributed by atoms with van der Waals surface area (Å²) in [4.78, 5) is 18.0. The highest BCUT2D eigenvalue weighted by Crippen LogP contribution is 2.14. The van der Waals surface area contributed by atoms with E-state index in [1.54, 1.807) is 22.9 Å². The fourth-order valence-corrected chi connectivity index (χ4v) is 3.03. The Morgan fingerprint density at radius 1 is 1.23 bits per heavy atom. The first kappa shape index (κ1) is 16.6. The Hall–Kier alpha value is -1.81. The molecule has 0 aliphatic carbocycles. The van der Waals surface area contributed by atoms with E-state index in [-0.39, 0.29) is 5.91 Å². The Labute approximate surface area is 136 Å². The van der Waals surface area contributed by atoms with Crippen LogP contribution in [0, 0.1) is 6.92 Å². The maximum atomic E-state index is 12.2. The van der Waals surface area contributed by atoms with Crippen LogP contribution < -0.4 is 0 Å². The largest absolute Gasteiger partial charge is 0.341 e. The Bertz CT molecular complexity index is 601. The molecule has 0 radical (unpaired) electrons. The molecule has 1 amide bonds. The van der Waals surface area contributed by atoms with Gasteiger partial charge in [-0.15, -0.1) is 0 Å². The Kier molecular flexibility index (Phi) is 6.46. The fraction of sp³-hybridized carbons (Fsp3) is 0.333. The first-order valence-corrected chi connectivity index (χ1v) is 8.57. The second-order valence-corrected chi connectivity index (χ2v) is 6.45. The molecular formula is C18H22N2OS. The molecule has 0 aliphatic rings. The van der Waals surface area contributed by atoms with Gasteiger partial charge in [-0.25, -0.2) is 0 Å². The maximum absolute atomic E-state index is 12.2. The first-order valence-electron chi connectivity index (χ1n) is 7.42. The van der Waals surface area contributed by atoms with Crippen LogP contribution in [0.5, 0.6) is 0 Å². The smallest absolute Gasteiger partial charge is 0.223 e. The molecule has 116 valence electrons. The molecule has 0 N–H and O–H groups in total. The molecule has 3 nitrogen and oxygen atoms in total. The summed E-state index contributed by atoms with van der Waals surface area (Å²) < 4.78 is 0. The summed E-state index contributed by atoms with van der Waals surface area (Å²) in [5.74, 6) is 2.01. The minimum absolute atomic E-state index is 0.191. The predicted octanol–water partition coefficient (Wildman–Crippen LogP) is 3.67. The summed E-state index contributed by atoms with van der Waals surface area (Å²) in [6, 6.07) is 12.3. The standard InChI is InChI=1S/C18H22N2OS/c1-15-12-19-10-8-17(15)13-20(2)18(21)9-11-22-14-16-6-4-3-5-7-16/h3-8,10,12H,9,11,13-14H2,1-2H3. The molecule has 22 heavy (non-hydrogen) atoms. The Morgan fingerprint density at radius 3 is 2.73 bits per heavy atom. The highest BCUT2D eigenvalue weighted by atomic mass is 32.2. The number of benzene rings is 1. The molecule has 2 rings (SSSR count). The van der Waals surface area contributed by atoms with E-state index in [4.69, 9.17) is 0 Å². The van der Waals surface area contributed by atoms with E-state index in [2.05, 4.69) is 17.1 Å². The van der Waals surface area contributed by atoms with Crippen LogP contribution in [0.2, 0.25) is 0 Å². The Balaban J connectivity index is 1.71. The number of nitrogens with zero attached hydrogens (tertiary/aromatic N) is 2. The van der Waals surface area contributed by atoms with Crippen LogP contribution in [-0.2, 0) is 17.1 Å². The maximum Gasteiger partial charge on any atom is 0.223 e. The van der Waals surface area contributed by atoms with Crippen LogP contribution in [0.1, 0.15) is 23.1 Å². The third-order valence-corrected chi connectivity index (χ3v) is 4.57. The number of rotatable bonds is 7. The summed E-state index contributed by atoms with van der Waals surface area (Å²) in [5, 5.41) is 0. The van der Waals surface area contributed by atoms with Crippen molar-refractivity contribution in [2.45, 2.75) is 25.6 Å². The monoisotopic (exact) mass is 314 g/mol. The lowest BCUT2D eigenvalue weighted by Gasteiger charge is -2.18. The zero-order valence-electron chi connectivity index (χ0n) is 13.2. The van der Waals surface area contributed by atoms with Gasteiger partial charge in [0.05, 0.1) is 0 Å². The molecule has 0 fully saturated rings. The number of aryl methyl sites for hydroxylation is 1. The number of hydrogen-bond donors (Lipinski definition) is 0. The molecule has 4 heteroatoms. The van der Waals surface area contributed by atoms with Crippen molar-refractivity contribution in [3.05, 3.63) is 65.5 Å². The zero-order valence-corrected chi connectivity index (χ0v) is 14.0. The normalized spacial score (nSPS) is 10.5. The third-order valence-electron chi connectivity index (χ3n) is 3.54. The summed E-state index contributed by atoms with van der Waals surface area (Å²) in [6.07, 6.45) is 4.19. The quantitative estimate of drug-likeness (QED) is 0.731. The molecule has 1 aromatic carbocycles. The van der Waals surface area contributed by atoms with Crippen LogP contribution in [-0.4, -0.2) is 28.6 Å². The van der Waals surface area contributed by atoms with E-state index in [0.717, 1.165) is 22.6 Å². The molecule has 0 atom stereocenters. The number of carbonyl (C=O) groups excluding carboxylic acids is 1. The van der Waals surface area contributed by atoms with E-state index >= 15 is 0 Å². The first-order chi connectivity index (χ1) is 10.7. The average Bonchev–Trinajstić information content (AvgIpc) is 2.54. The number of aromatic nitrogens is 1. The van der Waals surface area contributed by atoms with E-state index in [9.17, 15) is 4.79 Å². The minimum Gasteiger partial charge on any atom is -0.341 e. The molecule has 0 unspecified atom stereocenters. The Morgan fingerprint density at radius 2 is 2.00 bits per heavy atom. The lowest BCUT2D eigenvalue weighted by molar-refractivity contribution is -0.129. The van der Waals surface area contributed by atoms with E-state index in [1.807, 2.05) is 44.4 Å². The van der Waals surface area contributed by atoms with Crippen molar-refractivity contribution in [1.82, 2.24) is 9.88 Å². The highest BCUT2D eigenvalue weighted by molar-refractivity contribution is 7.98.